The van der Waals surface area contributed by atoms with Crippen LogP contribution in [0, 0.1) is 0 Å². The Morgan fingerprint density at radius 2 is 2.00 bits per heavy atom. The molecule has 0 radical (unpaired) electrons. The summed E-state index contributed by atoms with van der Waals surface area (Å²) in [5, 5.41) is 9.64. The SMILES string of the molecule is CCOc1cc(O)c(N)cc1C1CCCCC1. The lowest BCUT2D eigenvalue weighted by Crippen LogP contribution is -2.08. The van der Waals surface area contributed by atoms with Crippen molar-refractivity contribution in [1.82, 2.24) is 0 Å². The summed E-state index contributed by atoms with van der Waals surface area (Å²) in [6.07, 6.45) is 6.27. The fraction of sp³-hybridized carbons (Fsp3) is 0.571. The average Bonchev–Trinajstić information content (AvgIpc) is 2.35. The van der Waals surface area contributed by atoms with E-state index in [1.54, 1.807) is 6.07 Å². The minimum atomic E-state index is 0.119. The minimum absolute atomic E-state index is 0.119. The Balaban J connectivity index is 2.32. The van der Waals surface area contributed by atoms with Crippen LogP contribution in [0.5, 0.6) is 11.5 Å². The van der Waals surface area contributed by atoms with E-state index in [4.69, 9.17) is 10.5 Å². The van der Waals surface area contributed by atoms with E-state index in [9.17, 15) is 5.11 Å². The molecule has 0 amide bonds. The first-order valence-corrected chi connectivity index (χ1v) is 6.47. The smallest absolute Gasteiger partial charge is 0.142 e. The maximum Gasteiger partial charge on any atom is 0.142 e. The van der Waals surface area contributed by atoms with Gasteiger partial charge in [0.2, 0.25) is 0 Å². The number of nitrogen functional groups attached to an aromatic ring is 1. The number of rotatable bonds is 3. The molecule has 0 heterocycles. The Morgan fingerprint density at radius 1 is 1.29 bits per heavy atom. The number of hydrogen-bond acceptors (Lipinski definition) is 3. The fourth-order valence-corrected chi connectivity index (χ4v) is 2.62. The van der Waals surface area contributed by atoms with Crippen LogP contribution in [0.1, 0.15) is 50.5 Å². The lowest BCUT2D eigenvalue weighted by molar-refractivity contribution is 0.326. The van der Waals surface area contributed by atoms with Crippen LogP contribution in [0.2, 0.25) is 0 Å². The summed E-state index contributed by atoms with van der Waals surface area (Å²) >= 11 is 0. The summed E-state index contributed by atoms with van der Waals surface area (Å²) in [4.78, 5) is 0. The summed E-state index contributed by atoms with van der Waals surface area (Å²) in [5.74, 6) is 1.45. The van der Waals surface area contributed by atoms with E-state index >= 15 is 0 Å². The average molecular weight is 235 g/mol. The third-order valence-electron chi connectivity index (χ3n) is 3.50. The van der Waals surface area contributed by atoms with Gasteiger partial charge in [0.1, 0.15) is 11.5 Å². The number of phenols is 1. The van der Waals surface area contributed by atoms with E-state index in [1.807, 2.05) is 13.0 Å². The summed E-state index contributed by atoms with van der Waals surface area (Å²) in [6.45, 7) is 2.57. The molecule has 2 rings (SSSR count). The van der Waals surface area contributed by atoms with Crippen LogP contribution in [0.3, 0.4) is 0 Å². The predicted molar refractivity (Wildman–Crippen MR) is 69.5 cm³/mol. The van der Waals surface area contributed by atoms with Gasteiger partial charge in [-0.2, -0.15) is 0 Å². The lowest BCUT2D eigenvalue weighted by Gasteiger charge is -2.24. The van der Waals surface area contributed by atoms with Crippen LogP contribution in [0.15, 0.2) is 12.1 Å². The molecule has 1 saturated carbocycles. The van der Waals surface area contributed by atoms with Crippen LogP contribution >= 0.6 is 0 Å². The van der Waals surface area contributed by atoms with Crippen LogP contribution in [-0.2, 0) is 0 Å². The Kier molecular flexibility index (Phi) is 3.77. The Labute approximate surface area is 103 Å². The first-order valence-electron chi connectivity index (χ1n) is 6.47. The molecule has 0 atom stereocenters. The van der Waals surface area contributed by atoms with E-state index in [0.717, 1.165) is 5.75 Å². The van der Waals surface area contributed by atoms with Gasteiger partial charge in [0.25, 0.3) is 0 Å². The van der Waals surface area contributed by atoms with Crippen molar-refractivity contribution in [2.45, 2.75) is 44.9 Å². The van der Waals surface area contributed by atoms with Crippen LogP contribution in [0.4, 0.5) is 5.69 Å². The zero-order valence-electron chi connectivity index (χ0n) is 10.4. The summed E-state index contributed by atoms with van der Waals surface area (Å²) in [7, 11) is 0. The highest BCUT2D eigenvalue weighted by Gasteiger charge is 2.20. The second-order valence-electron chi connectivity index (χ2n) is 4.72. The molecule has 1 aliphatic carbocycles. The quantitative estimate of drug-likeness (QED) is 0.623. The van der Waals surface area contributed by atoms with Gasteiger partial charge in [0, 0.05) is 6.07 Å². The van der Waals surface area contributed by atoms with Gasteiger partial charge in [0.05, 0.1) is 12.3 Å². The Bertz CT molecular complexity index is 384. The van der Waals surface area contributed by atoms with Crippen LogP contribution in [-0.4, -0.2) is 11.7 Å². The predicted octanol–water partition coefficient (Wildman–Crippen LogP) is 3.42. The van der Waals surface area contributed by atoms with Gasteiger partial charge in [-0.05, 0) is 37.3 Å². The molecule has 0 aromatic heterocycles. The number of nitrogens with two attached hydrogens (primary N) is 1. The van der Waals surface area contributed by atoms with Crippen LogP contribution in [0.25, 0.3) is 0 Å². The molecule has 94 valence electrons. The number of phenolic OH excluding ortho intramolecular Hbond substituents is 1. The highest BCUT2D eigenvalue weighted by Crippen LogP contribution is 2.41. The number of anilines is 1. The summed E-state index contributed by atoms with van der Waals surface area (Å²) in [5.41, 5.74) is 7.41. The number of hydrogen-bond donors (Lipinski definition) is 2. The van der Waals surface area contributed by atoms with Crippen molar-refractivity contribution < 1.29 is 9.84 Å². The van der Waals surface area contributed by atoms with Gasteiger partial charge >= 0.3 is 0 Å². The molecule has 3 nitrogen and oxygen atoms in total. The molecule has 1 aliphatic rings. The molecule has 0 unspecified atom stereocenters. The molecule has 1 fully saturated rings. The second-order valence-corrected chi connectivity index (χ2v) is 4.72. The molecule has 1 aromatic rings. The molecular formula is C14H21NO2. The van der Waals surface area contributed by atoms with Gasteiger partial charge in [-0.15, -0.1) is 0 Å². The molecular weight excluding hydrogens is 214 g/mol. The highest BCUT2D eigenvalue weighted by molar-refractivity contribution is 5.59. The standard InChI is InChI=1S/C14H21NO2/c1-2-17-14-9-13(16)12(15)8-11(14)10-6-4-3-5-7-10/h8-10,16H,2-7,15H2,1H3. The molecule has 17 heavy (non-hydrogen) atoms. The van der Waals surface area contributed by atoms with E-state index < -0.39 is 0 Å². The highest BCUT2D eigenvalue weighted by atomic mass is 16.5. The topological polar surface area (TPSA) is 55.5 Å². The zero-order valence-corrected chi connectivity index (χ0v) is 10.4. The van der Waals surface area contributed by atoms with E-state index in [-0.39, 0.29) is 5.75 Å². The molecule has 1 aromatic carbocycles. The second kappa shape index (κ2) is 5.30. The number of ether oxygens (including phenoxy) is 1. The van der Waals surface area contributed by atoms with Crippen molar-refractivity contribution in [1.29, 1.82) is 0 Å². The first kappa shape index (κ1) is 12.1. The van der Waals surface area contributed by atoms with Crippen molar-refractivity contribution in [3.63, 3.8) is 0 Å². The molecule has 3 N–H and O–H groups in total. The zero-order chi connectivity index (χ0) is 12.3. The molecule has 0 bridgehead atoms. The normalized spacial score (nSPS) is 17.0. The Hall–Kier alpha value is -1.38. The molecule has 0 saturated heterocycles. The summed E-state index contributed by atoms with van der Waals surface area (Å²) < 4.78 is 5.61. The van der Waals surface area contributed by atoms with Crippen molar-refractivity contribution in [2.24, 2.45) is 0 Å². The van der Waals surface area contributed by atoms with E-state index in [1.165, 1.54) is 37.7 Å². The first-order chi connectivity index (χ1) is 8.22. The number of aromatic hydroxyl groups is 1. The van der Waals surface area contributed by atoms with E-state index in [0.29, 0.717) is 18.2 Å². The van der Waals surface area contributed by atoms with Gasteiger partial charge in [-0.3, -0.25) is 0 Å². The molecule has 0 spiro atoms. The summed E-state index contributed by atoms with van der Waals surface area (Å²) in [6, 6.07) is 3.54. The van der Waals surface area contributed by atoms with Gasteiger partial charge in [-0.25, -0.2) is 0 Å². The lowest BCUT2D eigenvalue weighted by atomic mass is 9.83. The minimum Gasteiger partial charge on any atom is -0.506 e. The maximum absolute atomic E-state index is 9.64. The van der Waals surface area contributed by atoms with Crippen molar-refractivity contribution in [3.05, 3.63) is 17.7 Å². The van der Waals surface area contributed by atoms with Crippen molar-refractivity contribution >= 4 is 5.69 Å². The fourth-order valence-electron chi connectivity index (χ4n) is 2.62. The molecule has 3 heteroatoms. The largest absolute Gasteiger partial charge is 0.506 e. The van der Waals surface area contributed by atoms with Gasteiger partial charge < -0.3 is 15.6 Å². The van der Waals surface area contributed by atoms with E-state index in [2.05, 4.69) is 0 Å². The monoisotopic (exact) mass is 235 g/mol. The third-order valence-corrected chi connectivity index (χ3v) is 3.50. The maximum atomic E-state index is 9.64. The molecule has 0 aliphatic heterocycles. The third kappa shape index (κ3) is 2.65. The number of benzene rings is 1. The van der Waals surface area contributed by atoms with Gasteiger partial charge in [0.15, 0.2) is 0 Å². The van der Waals surface area contributed by atoms with Crippen molar-refractivity contribution in [2.75, 3.05) is 12.3 Å². The Morgan fingerprint density at radius 3 is 2.65 bits per heavy atom. The van der Waals surface area contributed by atoms with Crippen LogP contribution < -0.4 is 10.5 Å². The van der Waals surface area contributed by atoms with Gasteiger partial charge in [-0.1, -0.05) is 19.3 Å². The van der Waals surface area contributed by atoms with Crippen molar-refractivity contribution in [3.8, 4) is 11.5 Å².